The van der Waals surface area contributed by atoms with Crippen LogP contribution in [0, 0.1) is 0 Å². The maximum absolute atomic E-state index is 11.8. The van der Waals surface area contributed by atoms with E-state index >= 15 is 0 Å². The Bertz CT molecular complexity index is 426. The van der Waals surface area contributed by atoms with Crippen molar-refractivity contribution in [1.82, 2.24) is 4.90 Å². The summed E-state index contributed by atoms with van der Waals surface area (Å²) in [4.78, 5) is 15.3. The Morgan fingerprint density at radius 3 is 2.79 bits per heavy atom. The number of ether oxygens (including phenoxy) is 1. The number of halogens is 2. The molecule has 6 heteroatoms. The predicted octanol–water partition coefficient (Wildman–Crippen LogP) is 4.25. The van der Waals surface area contributed by atoms with Crippen molar-refractivity contribution in [2.75, 3.05) is 19.7 Å². The second kappa shape index (κ2) is 7.07. The third-order valence-electron chi connectivity index (χ3n) is 3.24. The molecule has 0 radical (unpaired) electrons. The van der Waals surface area contributed by atoms with Crippen LogP contribution in [0.15, 0.2) is 10.5 Å². The molecule has 1 aliphatic heterocycles. The largest absolute Gasteiger partial charge is 0.466 e. The quantitative estimate of drug-likeness (QED) is 0.729. The zero-order chi connectivity index (χ0) is 13.8. The lowest BCUT2D eigenvalue weighted by atomic mass is 10.1. The molecule has 1 aromatic rings. The third-order valence-corrected chi connectivity index (χ3v) is 5.82. The molecule has 3 nitrogen and oxygen atoms in total. The van der Waals surface area contributed by atoms with Gasteiger partial charge in [0.15, 0.2) is 0 Å². The molecule has 19 heavy (non-hydrogen) atoms. The summed E-state index contributed by atoms with van der Waals surface area (Å²) in [7, 11) is 0. The van der Waals surface area contributed by atoms with Gasteiger partial charge in [-0.25, -0.2) is 0 Å². The average Bonchev–Trinajstić information content (AvgIpc) is 2.98. The van der Waals surface area contributed by atoms with Crippen molar-refractivity contribution in [2.24, 2.45) is 0 Å². The molecule has 1 saturated heterocycles. The van der Waals surface area contributed by atoms with E-state index < -0.39 is 0 Å². The first-order chi connectivity index (χ1) is 9.11. The van der Waals surface area contributed by atoms with E-state index in [4.69, 9.17) is 16.3 Å². The van der Waals surface area contributed by atoms with Gasteiger partial charge >= 0.3 is 5.97 Å². The summed E-state index contributed by atoms with van der Waals surface area (Å²) in [5.41, 5.74) is 0. The molecule has 1 aliphatic rings. The molecule has 0 bridgehead atoms. The summed E-state index contributed by atoms with van der Waals surface area (Å²) >= 11 is 11.1. The summed E-state index contributed by atoms with van der Waals surface area (Å²) in [6.45, 7) is 4.34. The topological polar surface area (TPSA) is 29.5 Å². The molecule has 1 fully saturated rings. The Labute approximate surface area is 131 Å². The minimum absolute atomic E-state index is 0.0929. The zero-order valence-electron chi connectivity index (χ0n) is 10.8. The second-order valence-electron chi connectivity index (χ2n) is 4.54. The minimum Gasteiger partial charge on any atom is -0.466 e. The van der Waals surface area contributed by atoms with Gasteiger partial charge in [-0.3, -0.25) is 9.69 Å². The molecule has 0 aliphatic carbocycles. The van der Waals surface area contributed by atoms with Gasteiger partial charge in [0.25, 0.3) is 0 Å². The lowest BCUT2D eigenvalue weighted by Crippen LogP contribution is -2.27. The molecule has 1 atom stereocenters. The van der Waals surface area contributed by atoms with Crippen LogP contribution in [0.3, 0.4) is 0 Å². The SMILES string of the molecule is CCOC(=O)CC(c1cc(Br)c(Cl)s1)N1CCCC1. The van der Waals surface area contributed by atoms with Crippen molar-refractivity contribution >= 4 is 44.8 Å². The molecule has 2 rings (SSSR count). The second-order valence-corrected chi connectivity index (χ2v) is 7.08. The first-order valence-electron chi connectivity index (χ1n) is 6.46. The average molecular weight is 367 g/mol. The number of likely N-dealkylation sites (tertiary alicyclic amines) is 1. The van der Waals surface area contributed by atoms with Crippen molar-refractivity contribution < 1.29 is 9.53 Å². The number of hydrogen-bond donors (Lipinski definition) is 0. The van der Waals surface area contributed by atoms with Gasteiger partial charge in [0, 0.05) is 9.35 Å². The Morgan fingerprint density at radius 1 is 1.58 bits per heavy atom. The Morgan fingerprint density at radius 2 is 2.26 bits per heavy atom. The van der Waals surface area contributed by atoms with E-state index in [0.717, 1.165) is 26.8 Å². The first-order valence-corrected chi connectivity index (χ1v) is 8.45. The van der Waals surface area contributed by atoms with E-state index in [2.05, 4.69) is 20.8 Å². The van der Waals surface area contributed by atoms with Gasteiger partial charge in [-0.2, -0.15) is 0 Å². The number of rotatable bonds is 5. The van der Waals surface area contributed by atoms with Crippen molar-refractivity contribution in [3.05, 3.63) is 19.8 Å². The molecule has 0 N–H and O–H groups in total. The van der Waals surface area contributed by atoms with E-state index in [1.54, 1.807) is 0 Å². The van der Waals surface area contributed by atoms with Crippen molar-refractivity contribution in [1.29, 1.82) is 0 Å². The van der Waals surface area contributed by atoms with Crippen LogP contribution in [-0.4, -0.2) is 30.6 Å². The predicted molar refractivity (Wildman–Crippen MR) is 81.8 cm³/mol. The smallest absolute Gasteiger partial charge is 0.307 e. The van der Waals surface area contributed by atoms with Crippen molar-refractivity contribution in [3.63, 3.8) is 0 Å². The summed E-state index contributed by atoms with van der Waals surface area (Å²) in [5, 5.41) is 0. The fourth-order valence-corrected chi connectivity index (χ4v) is 4.24. The maximum atomic E-state index is 11.8. The molecule has 0 spiro atoms. The highest BCUT2D eigenvalue weighted by Crippen LogP contribution is 2.39. The molecule has 1 unspecified atom stereocenters. The van der Waals surface area contributed by atoms with Gasteiger partial charge < -0.3 is 4.74 Å². The van der Waals surface area contributed by atoms with Crippen LogP contribution in [0.5, 0.6) is 0 Å². The fraction of sp³-hybridized carbons (Fsp3) is 0.615. The zero-order valence-corrected chi connectivity index (χ0v) is 14.0. The maximum Gasteiger partial charge on any atom is 0.307 e. The standard InChI is InChI=1S/C13H17BrClNO2S/c1-2-18-12(17)8-10(16-5-3-4-6-16)11-7-9(14)13(15)19-11/h7,10H,2-6,8H2,1H3. The van der Waals surface area contributed by atoms with Crippen LogP contribution < -0.4 is 0 Å². The van der Waals surface area contributed by atoms with Crippen LogP contribution in [0.25, 0.3) is 0 Å². The lowest BCUT2D eigenvalue weighted by molar-refractivity contribution is -0.144. The molecular weight excluding hydrogens is 350 g/mol. The summed E-state index contributed by atoms with van der Waals surface area (Å²) in [5.74, 6) is -0.139. The monoisotopic (exact) mass is 365 g/mol. The number of esters is 1. The summed E-state index contributed by atoms with van der Waals surface area (Å²) < 4.78 is 6.73. The van der Waals surface area contributed by atoms with E-state index in [0.29, 0.717) is 13.0 Å². The van der Waals surface area contributed by atoms with Gasteiger partial charge in [-0.1, -0.05) is 11.6 Å². The van der Waals surface area contributed by atoms with Gasteiger partial charge in [0.2, 0.25) is 0 Å². The fourth-order valence-electron chi connectivity index (χ4n) is 2.37. The van der Waals surface area contributed by atoms with E-state index in [1.807, 2.05) is 13.0 Å². The van der Waals surface area contributed by atoms with Gasteiger partial charge in [-0.05, 0) is 54.9 Å². The number of hydrogen-bond acceptors (Lipinski definition) is 4. The summed E-state index contributed by atoms with van der Waals surface area (Å²) in [6.07, 6.45) is 2.79. The van der Waals surface area contributed by atoms with Crippen molar-refractivity contribution in [2.45, 2.75) is 32.2 Å². The molecule has 2 heterocycles. The third kappa shape index (κ3) is 3.94. The highest BCUT2D eigenvalue weighted by molar-refractivity contribution is 9.10. The van der Waals surface area contributed by atoms with Gasteiger partial charge in [-0.15, -0.1) is 11.3 Å². The number of nitrogens with zero attached hydrogens (tertiary/aromatic N) is 1. The van der Waals surface area contributed by atoms with Crippen LogP contribution >= 0.6 is 38.9 Å². The molecular formula is C13H17BrClNO2S. The number of carbonyl (C=O) groups excluding carboxylic acids is 1. The molecule has 1 aromatic heterocycles. The Kier molecular flexibility index (Phi) is 5.69. The molecule has 0 amide bonds. The van der Waals surface area contributed by atoms with Crippen LogP contribution in [-0.2, 0) is 9.53 Å². The molecule has 106 valence electrons. The highest BCUT2D eigenvalue weighted by atomic mass is 79.9. The first kappa shape index (κ1) is 15.3. The minimum atomic E-state index is -0.139. The molecule has 0 aromatic carbocycles. The lowest BCUT2D eigenvalue weighted by Gasteiger charge is -2.25. The van der Waals surface area contributed by atoms with Crippen LogP contribution in [0.1, 0.15) is 37.1 Å². The Hall–Kier alpha value is -0.100. The van der Waals surface area contributed by atoms with Crippen LogP contribution in [0.2, 0.25) is 4.34 Å². The number of thiophene rings is 1. The normalized spacial score (nSPS) is 17.6. The van der Waals surface area contributed by atoms with Gasteiger partial charge in [0.05, 0.1) is 19.1 Å². The Balaban J connectivity index is 2.15. The van der Waals surface area contributed by atoms with E-state index in [-0.39, 0.29) is 12.0 Å². The highest BCUT2D eigenvalue weighted by Gasteiger charge is 2.28. The summed E-state index contributed by atoms with van der Waals surface area (Å²) in [6, 6.07) is 2.12. The van der Waals surface area contributed by atoms with E-state index in [1.165, 1.54) is 24.2 Å². The number of carbonyl (C=O) groups is 1. The van der Waals surface area contributed by atoms with Crippen LogP contribution in [0.4, 0.5) is 0 Å². The van der Waals surface area contributed by atoms with Gasteiger partial charge in [0.1, 0.15) is 4.34 Å². The van der Waals surface area contributed by atoms with E-state index in [9.17, 15) is 4.79 Å². The van der Waals surface area contributed by atoms with Crippen molar-refractivity contribution in [3.8, 4) is 0 Å². The molecule has 0 saturated carbocycles.